The molecule has 4 heterocycles. The zero-order valence-corrected chi connectivity index (χ0v) is 19.1. The number of nitrogens with two attached hydrogens (primary N) is 1. The van der Waals surface area contributed by atoms with Gasteiger partial charge in [0.25, 0.3) is 5.91 Å². The Morgan fingerprint density at radius 1 is 1.26 bits per heavy atom. The van der Waals surface area contributed by atoms with Gasteiger partial charge in [0.2, 0.25) is 0 Å². The average Bonchev–Trinajstić information content (AvgIpc) is 3.48. The van der Waals surface area contributed by atoms with Crippen LogP contribution in [-0.2, 0) is 28.8 Å². The fourth-order valence-electron chi connectivity index (χ4n) is 4.72. The van der Waals surface area contributed by atoms with E-state index in [0.29, 0.717) is 49.0 Å². The first-order valence-corrected chi connectivity index (χ1v) is 11.4. The van der Waals surface area contributed by atoms with Gasteiger partial charge in [-0.05, 0) is 49.2 Å². The summed E-state index contributed by atoms with van der Waals surface area (Å²) in [5, 5.41) is 0.807. The molecule has 0 unspecified atom stereocenters. The first-order chi connectivity index (χ1) is 16.7. The van der Waals surface area contributed by atoms with Crippen LogP contribution in [0.15, 0.2) is 36.5 Å². The van der Waals surface area contributed by atoms with Crippen LogP contribution in [-0.4, -0.2) is 40.5 Å². The third kappa shape index (κ3) is 4.68. The lowest BCUT2D eigenvalue weighted by atomic mass is 9.99. The minimum absolute atomic E-state index is 0.0871. The molecule has 1 amide bonds. The molecule has 0 bridgehead atoms. The molecule has 0 radical (unpaired) electrons. The molecule has 35 heavy (non-hydrogen) atoms. The van der Waals surface area contributed by atoms with Crippen molar-refractivity contribution < 1.29 is 27.4 Å². The molecule has 3 aromatic rings. The van der Waals surface area contributed by atoms with Crippen molar-refractivity contribution in [2.75, 3.05) is 25.5 Å². The second kappa shape index (κ2) is 9.09. The van der Waals surface area contributed by atoms with Crippen LogP contribution in [0, 0.1) is 5.92 Å². The van der Waals surface area contributed by atoms with Gasteiger partial charge in [0.15, 0.2) is 0 Å². The summed E-state index contributed by atoms with van der Waals surface area (Å²) in [5.41, 5.74) is 8.59. The number of pyridine rings is 2. The van der Waals surface area contributed by atoms with E-state index in [0.717, 1.165) is 35.2 Å². The topological polar surface area (TPSA) is 90.6 Å². The molecule has 0 spiro atoms. The average molecular weight is 486 g/mol. The first-order valence-electron chi connectivity index (χ1n) is 11.4. The lowest BCUT2D eigenvalue weighted by Gasteiger charge is -2.25. The maximum atomic E-state index is 13.6. The zero-order valence-electron chi connectivity index (χ0n) is 19.1. The van der Waals surface area contributed by atoms with E-state index in [1.54, 1.807) is 23.1 Å². The summed E-state index contributed by atoms with van der Waals surface area (Å²) in [4.78, 5) is 23.7. The Hall–Kier alpha value is -3.24. The lowest BCUT2D eigenvalue weighted by Crippen LogP contribution is -2.35. The number of amides is 1. The molecule has 2 aliphatic heterocycles. The second-order valence-electron chi connectivity index (χ2n) is 9.03. The van der Waals surface area contributed by atoms with Gasteiger partial charge >= 0.3 is 6.18 Å². The van der Waals surface area contributed by atoms with Crippen molar-refractivity contribution in [3.05, 3.63) is 64.5 Å². The molecule has 1 aromatic carbocycles. The van der Waals surface area contributed by atoms with Crippen LogP contribution < -0.4 is 5.73 Å². The quantitative estimate of drug-likeness (QED) is 0.571. The van der Waals surface area contributed by atoms with E-state index >= 15 is 0 Å². The smallest absolute Gasteiger partial charge is 0.383 e. The molecule has 5 rings (SSSR count). The summed E-state index contributed by atoms with van der Waals surface area (Å²) in [5.74, 6) is 0.333. The molecule has 1 saturated heterocycles. The number of alkyl halides is 3. The zero-order chi connectivity index (χ0) is 24.7. The van der Waals surface area contributed by atoms with Crippen molar-refractivity contribution >= 4 is 22.6 Å². The Morgan fingerprint density at radius 2 is 2.09 bits per heavy atom. The van der Waals surface area contributed by atoms with Gasteiger partial charge in [-0.2, -0.15) is 13.2 Å². The number of nitrogen functional groups attached to an aromatic ring is 1. The molecule has 0 aliphatic carbocycles. The second-order valence-corrected chi connectivity index (χ2v) is 9.03. The number of nitrogens with zero attached hydrogens (tertiary/aromatic N) is 3. The number of hydrogen-bond acceptors (Lipinski definition) is 6. The number of carbonyl (C=O) groups is 1. The summed E-state index contributed by atoms with van der Waals surface area (Å²) in [7, 11) is 0. The maximum Gasteiger partial charge on any atom is 0.417 e. The number of rotatable bonds is 5. The van der Waals surface area contributed by atoms with E-state index in [2.05, 4.69) is 9.97 Å². The Morgan fingerprint density at radius 3 is 2.77 bits per heavy atom. The Bertz CT molecular complexity index is 1260. The van der Waals surface area contributed by atoms with Crippen LogP contribution in [0.25, 0.3) is 10.9 Å². The molecule has 10 heteroatoms. The van der Waals surface area contributed by atoms with Crippen molar-refractivity contribution in [2.24, 2.45) is 5.92 Å². The largest absolute Gasteiger partial charge is 0.417 e. The predicted octanol–water partition coefficient (Wildman–Crippen LogP) is 4.50. The molecular weight excluding hydrogens is 461 g/mol. The Balaban J connectivity index is 1.46. The molecule has 0 saturated carbocycles. The number of carbonyl (C=O) groups excluding carboxylic acids is 1. The van der Waals surface area contributed by atoms with Crippen LogP contribution in [0.1, 0.15) is 52.2 Å². The highest BCUT2D eigenvalue weighted by Crippen LogP contribution is 2.38. The molecule has 184 valence electrons. The van der Waals surface area contributed by atoms with Crippen LogP contribution in [0.4, 0.5) is 19.0 Å². The van der Waals surface area contributed by atoms with Crippen molar-refractivity contribution in [2.45, 2.75) is 38.8 Å². The van der Waals surface area contributed by atoms with Crippen LogP contribution >= 0.6 is 0 Å². The fraction of sp³-hybridized carbons (Fsp3) is 0.400. The summed E-state index contributed by atoms with van der Waals surface area (Å²) < 4.78 is 50.0. The van der Waals surface area contributed by atoms with Gasteiger partial charge in [-0.1, -0.05) is 0 Å². The molecule has 2 atom stereocenters. The van der Waals surface area contributed by atoms with Crippen LogP contribution in [0.3, 0.4) is 0 Å². The number of halogens is 3. The molecule has 2 aromatic heterocycles. The van der Waals surface area contributed by atoms with E-state index in [1.807, 2.05) is 6.92 Å². The number of hydrogen-bond donors (Lipinski definition) is 1. The monoisotopic (exact) mass is 486 g/mol. The Kier molecular flexibility index (Phi) is 6.10. The number of benzene rings is 1. The van der Waals surface area contributed by atoms with Gasteiger partial charge < -0.3 is 20.1 Å². The number of anilines is 1. The third-order valence-electron chi connectivity index (χ3n) is 6.59. The number of fused-ring (bicyclic) bond motifs is 3. The molecular formula is C25H25F3N4O3. The minimum atomic E-state index is -4.47. The number of ether oxygens (including phenoxy) is 2. The van der Waals surface area contributed by atoms with E-state index in [9.17, 15) is 18.0 Å². The first kappa shape index (κ1) is 23.5. The van der Waals surface area contributed by atoms with Crippen molar-refractivity contribution in [1.29, 1.82) is 0 Å². The van der Waals surface area contributed by atoms with E-state index in [-0.39, 0.29) is 24.5 Å². The van der Waals surface area contributed by atoms with E-state index < -0.39 is 11.7 Å². The molecule has 1 fully saturated rings. The summed E-state index contributed by atoms with van der Waals surface area (Å²) in [6, 6.07) is 7.55. The van der Waals surface area contributed by atoms with Crippen molar-refractivity contribution in [3.8, 4) is 0 Å². The summed E-state index contributed by atoms with van der Waals surface area (Å²) in [6.45, 7) is 3.96. The highest BCUT2D eigenvalue weighted by molar-refractivity contribution is 5.99. The highest BCUT2D eigenvalue weighted by Gasteiger charge is 2.31. The van der Waals surface area contributed by atoms with Crippen molar-refractivity contribution in [3.63, 3.8) is 0 Å². The highest BCUT2D eigenvalue weighted by atomic mass is 19.4. The summed E-state index contributed by atoms with van der Waals surface area (Å²) in [6.07, 6.45) is -3.03. The standard InChI is InChI=1S/C25H25F3N4O3/c1-14-22-20(13-35-14)19-8-16(2-5-21(19)31-23(22)29)24(33)32(10-15-6-7-34-12-15)11-18-4-3-17(9-30-18)25(26,27)28/h2-5,8-9,14-15H,6-7,10-13H2,1H3,(H2,29,31)/t14-,15+/m0/s1. The predicted molar refractivity (Wildman–Crippen MR) is 122 cm³/mol. The number of aromatic nitrogens is 2. The minimum Gasteiger partial charge on any atom is -0.383 e. The molecule has 2 aliphatic rings. The molecule has 2 N–H and O–H groups in total. The lowest BCUT2D eigenvalue weighted by molar-refractivity contribution is -0.137. The van der Waals surface area contributed by atoms with Gasteiger partial charge in [0.1, 0.15) is 5.82 Å². The van der Waals surface area contributed by atoms with E-state index in [1.165, 1.54) is 6.07 Å². The third-order valence-corrected chi connectivity index (χ3v) is 6.59. The van der Waals surface area contributed by atoms with Crippen LogP contribution in [0.2, 0.25) is 0 Å². The SMILES string of the molecule is C[C@@H]1OCc2c1c(N)nc1ccc(C(=O)N(Cc3ccc(C(F)(F)F)cn3)C[C@H]3CCOC3)cc21. The normalized spacial score (nSPS) is 19.8. The maximum absolute atomic E-state index is 13.6. The van der Waals surface area contributed by atoms with Gasteiger partial charge in [-0.3, -0.25) is 9.78 Å². The van der Waals surface area contributed by atoms with Gasteiger partial charge in [-0.25, -0.2) is 4.98 Å². The molecule has 7 nitrogen and oxygen atoms in total. The summed E-state index contributed by atoms with van der Waals surface area (Å²) >= 11 is 0. The van der Waals surface area contributed by atoms with Crippen LogP contribution in [0.5, 0.6) is 0 Å². The van der Waals surface area contributed by atoms with E-state index in [4.69, 9.17) is 15.2 Å². The van der Waals surface area contributed by atoms with Gasteiger partial charge in [0.05, 0.1) is 42.6 Å². The Labute approximate surface area is 200 Å². The van der Waals surface area contributed by atoms with Gasteiger partial charge in [0, 0.05) is 41.8 Å². The fourth-order valence-corrected chi connectivity index (χ4v) is 4.72. The van der Waals surface area contributed by atoms with Crippen molar-refractivity contribution in [1.82, 2.24) is 14.9 Å². The van der Waals surface area contributed by atoms with Gasteiger partial charge in [-0.15, -0.1) is 0 Å².